The van der Waals surface area contributed by atoms with Gasteiger partial charge in [-0.15, -0.1) is 0 Å². The fourth-order valence-corrected chi connectivity index (χ4v) is 5.39. The van der Waals surface area contributed by atoms with Crippen LogP contribution in [-0.4, -0.2) is 68.7 Å². The molecule has 0 saturated carbocycles. The molecule has 1 N–H and O–H groups in total. The van der Waals surface area contributed by atoms with Crippen molar-refractivity contribution >= 4 is 10.0 Å². The molecule has 0 fully saturated rings. The van der Waals surface area contributed by atoms with Crippen LogP contribution in [0.25, 0.3) is 0 Å². The second kappa shape index (κ2) is 12.0. The minimum absolute atomic E-state index is 0.124. The molecule has 2 rings (SSSR count). The molecule has 0 heterocycles. The summed E-state index contributed by atoms with van der Waals surface area (Å²) in [5.41, 5.74) is 1.18. The van der Waals surface area contributed by atoms with Crippen molar-refractivity contribution in [3.63, 3.8) is 0 Å². The number of hydrogen-bond donors (Lipinski definition) is 1. The van der Waals surface area contributed by atoms with Crippen LogP contribution in [0.3, 0.4) is 0 Å². The number of ether oxygens (including phenoxy) is 1. The van der Waals surface area contributed by atoms with Gasteiger partial charge in [-0.25, -0.2) is 17.2 Å². The van der Waals surface area contributed by atoms with E-state index in [-0.39, 0.29) is 42.2 Å². The third-order valence-corrected chi connectivity index (χ3v) is 7.72. The van der Waals surface area contributed by atoms with E-state index in [4.69, 9.17) is 4.74 Å². The van der Waals surface area contributed by atoms with Gasteiger partial charge in [0.05, 0.1) is 17.6 Å². The van der Waals surface area contributed by atoms with Crippen LogP contribution in [0.1, 0.15) is 25.0 Å². The molecule has 184 valence electrons. The van der Waals surface area contributed by atoms with E-state index >= 15 is 0 Å². The molecule has 9 heteroatoms. The Morgan fingerprint density at radius 2 is 1.70 bits per heavy atom. The van der Waals surface area contributed by atoms with Crippen LogP contribution in [0.2, 0.25) is 0 Å². The smallest absolute Gasteiger partial charge is 0.243 e. The minimum atomic E-state index is -3.84. The standard InChI is InChI=1S/C24H34F2N2O4S/c1-17-6-9-22(10-7-17)33(30,31)28(19(3)16-29)13-18(2)24(32-5)15-27(4)14-20-12-21(25)8-11-23(20)26/h6-12,18-19,24,29H,13-16H2,1-5H3/t18-,19-,24+/m1/s1. The fraction of sp³-hybridized carbons (Fsp3) is 0.500. The summed E-state index contributed by atoms with van der Waals surface area (Å²) >= 11 is 0. The maximum absolute atomic E-state index is 14.0. The highest BCUT2D eigenvalue weighted by Crippen LogP contribution is 2.23. The number of aliphatic hydroxyl groups excluding tert-OH is 1. The summed E-state index contributed by atoms with van der Waals surface area (Å²) in [7, 11) is -0.543. The Bertz CT molecular complexity index is 1000. The van der Waals surface area contributed by atoms with E-state index in [1.54, 1.807) is 43.1 Å². The lowest BCUT2D eigenvalue weighted by Gasteiger charge is -2.34. The molecule has 0 spiro atoms. The summed E-state index contributed by atoms with van der Waals surface area (Å²) in [4.78, 5) is 1.96. The number of methoxy groups -OCH3 is 1. The Morgan fingerprint density at radius 3 is 2.27 bits per heavy atom. The Labute approximate surface area is 195 Å². The molecule has 0 unspecified atom stereocenters. The molecular formula is C24H34F2N2O4S. The molecule has 0 saturated heterocycles. The first kappa shape index (κ1) is 27.3. The Balaban J connectivity index is 2.16. The Morgan fingerprint density at radius 1 is 1.06 bits per heavy atom. The first-order chi connectivity index (χ1) is 15.5. The van der Waals surface area contributed by atoms with Gasteiger partial charge in [-0.1, -0.05) is 24.6 Å². The van der Waals surface area contributed by atoms with Crippen LogP contribution >= 0.6 is 0 Å². The van der Waals surface area contributed by atoms with E-state index in [0.717, 1.165) is 23.8 Å². The number of benzene rings is 2. The fourth-order valence-electron chi connectivity index (χ4n) is 3.67. The zero-order valence-electron chi connectivity index (χ0n) is 19.8. The first-order valence-corrected chi connectivity index (χ1v) is 12.3. The molecular weight excluding hydrogens is 450 g/mol. The number of hydrogen-bond acceptors (Lipinski definition) is 5. The quantitative estimate of drug-likeness (QED) is 0.500. The molecule has 2 aromatic carbocycles. The van der Waals surface area contributed by atoms with Gasteiger partial charge in [0, 0.05) is 38.3 Å². The molecule has 0 radical (unpaired) electrons. The van der Waals surface area contributed by atoms with Gasteiger partial charge >= 0.3 is 0 Å². The summed E-state index contributed by atoms with van der Waals surface area (Å²) in [6.07, 6.45) is -0.381. The average molecular weight is 485 g/mol. The highest BCUT2D eigenvalue weighted by Gasteiger charge is 2.32. The second-order valence-corrected chi connectivity index (χ2v) is 10.5. The highest BCUT2D eigenvalue weighted by atomic mass is 32.2. The molecule has 0 aliphatic heterocycles. The monoisotopic (exact) mass is 484 g/mol. The number of halogens is 2. The van der Waals surface area contributed by atoms with Crippen LogP contribution in [0.5, 0.6) is 0 Å². The van der Waals surface area contributed by atoms with Crippen LogP contribution in [0, 0.1) is 24.5 Å². The summed E-state index contributed by atoms with van der Waals surface area (Å²) < 4.78 is 61.0. The van der Waals surface area contributed by atoms with Gasteiger partial charge in [0.15, 0.2) is 0 Å². The number of nitrogens with zero attached hydrogens (tertiary/aromatic N) is 2. The lowest BCUT2D eigenvalue weighted by Crippen LogP contribution is -2.46. The SMILES string of the molecule is CO[C@@H](CN(C)Cc1cc(F)ccc1F)[C@H](C)CN([C@H](C)CO)S(=O)(=O)c1ccc(C)cc1. The van der Waals surface area contributed by atoms with Gasteiger partial charge in [-0.3, -0.25) is 4.90 Å². The lowest BCUT2D eigenvalue weighted by molar-refractivity contribution is 0.0219. The molecule has 0 bridgehead atoms. The number of rotatable bonds is 12. The van der Waals surface area contributed by atoms with E-state index in [1.165, 1.54) is 11.4 Å². The Hall–Kier alpha value is -1.91. The average Bonchev–Trinajstić information content (AvgIpc) is 2.77. The molecule has 2 aromatic rings. The maximum Gasteiger partial charge on any atom is 0.243 e. The molecule has 0 amide bonds. The largest absolute Gasteiger partial charge is 0.395 e. The van der Waals surface area contributed by atoms with Gasteiger partial charge in [0.2, 0.25) is 10.0 Å². The van der Waals surface area contributed by atoms with Crippen LogP contribution < -0.4 is 0 Å². The summed E-state index contributed by atoms with van der Waals surface area (Å²) in [5.74, 6) is -1.24. The Kier molecular flexibility index (Phi) is 9.93. The van der Waals surface area contributed by atoms with Crippen molar-refractivity contribution in [3.05, 3.63) is 65.2 Å². The topological polar surface area (TPSA) is 70.1 Å². The minimum Gasteiger partial charge on any atom is -0.395 e. The van der Waals surface area contributed by atoms with Crippen molar-refractivity contribution in [1.82, 2.24) is 9.21 Å². The number of aliphatic hydroxyl groups is 1. The van der Waals surface area contributed by atoms with Crippen LogP contribution in [0.15, 0.2) is 47.4 Å². The van der Waals surface area contributed by atoms with Crippen molar-refractivity contribution in [2.24, 2.45) is 5.92 Å². The van der Waals surface area contributed by atoms with Gasteiger partial charge in [0.1, 0.15) is 11.6 Å². The molecule has 33 heavy (non-hydrogen) atoms. The molecule has 0 aliphatic rings. The van der Waals surface area contributed by atoms with Gasteiger partial charge in [0.25, 0.3) is 0 Å². The van der Waals surface area contributed by atoms with Gasteiger partial charge < -0.3 is 9.84 Å². The molecule has 0 aliphatic carbocycles. The van der Waals surface area contributed by atoms with Crippen molar-refractivity contribution in [3.8, 4) is 0 Å². The normalized spacial score (nSPS) is 15.1. The van der Waals surface area contributed by atoms with Crippen molar-refractivity contribution < 1.29 is 27.0 Å². The maximum atomic E-state index is 14.0. The van der Waals surface area contributed by atoms with Gasteiger partial charge in [-0.05, 0) is 57.1 Å². The van der Waals surface area contributed by atoms with E-state index in [1.807, 2.05) is 13.8 Å². The summed E-state index contributed by atoms with van der Waals surface area (Å²) in [6.45, 7) is 5.74. The zero-order chi connectivity index (χ0) is 24.8. The first-order valence-electron chi connectivity index (χ1n) is 10.8. The van der Waals surface area contributed by atoms with Crippen molar-refractivity contribution in [2.45, 2.75) is 44.4 Å². The van der Waals surface area contributed by atoms with Crippen molar-refractivity contribution in [1.29, 1.82) is 0 Å². The molecule has 0 aromatic heterocycles. The molecule has 6 nitrogen and oxygen atoms in total. The van der Waals surface area contributed by atoms with E-state index in [0.29, 0.717) is 6.54 Å². The van der Waals surface area contributed by atoms with E-state index in [9.17, 15) is 22.3 Å². The van der Waals surface area contributed by atoms with Crippen LogP contribution in [-0.2, 0) is 21.3 Å². The van der Waals surface area contributed by atoms with Crippen LogP contribution in [0.4, 0.5) is 8.78 Å². The highest BCUT2D eigenvalue weighted by molar-refractivity contribution is 7.89. The number of likely N-dealkylation sites (N-methyl/N-ethyl adjacent to an activating group) is 1. The second-order valence-electron chi connectivity index (χ2n) is 8.60. The molecule has 3 atom stereocenters. The summed E-state index contributed by atoms with van der Waals surface area (Å²) in [5, 5.41) is 9.71. The van der Waals surface area contributed by atoms with E-state index < -0.39 is 27.7 Å². The third-order valence-electron chi connectivity index (χ3n) is 5.73. The predicted octanol–water partition coefficient (Wildman–Crippen LogP) is 3.43. The number of aryl methyl sites for hydroxylation is 1. The third kappa shape index (κ3) is 7.28. The van der Waals surface area contributed by atoms with E-state index in [2.05, 4.69) is 0 Å². The van der Waals surface area contributed by atoms with Crippen molar-refractivity contribution in [2.75, 3.05) is 33.9 Å². The summed E-state index contributed by atoms with van der Waals surface area (Å²) in [6, 6.07) is 9.28. The lowest BCUT2D eigenvalue weighted by atomic mass is 10.0. The zero-order valence-corrected chi connectivity index (χ0v) is 20.6. The predicted molar refractivity (Wildman–Crippen MR) is 124 cm³/mol. The number of sulfonamides is 1. The van der Waals surface area contributed by atoms with Gasteiger partial charge in [-0.2, -0.15) is 4.31 Å².